The third-order valence-electron chi connectivity index (χ3n) is 3.83. The number of carbonyl (C=O) groups is 4. The van der Waals surface area contributed by atoms with Gasteiger partial charge in [0.05, 0.1) is 0 Å². The molecule has 4 N–H and O–H groups in total. The van der Waals surface area contributed by atoms with Crippen LogP contribution in [0.2, 0.25) is 0 Å². The number of nitrogens with one attached hydrogen (secondary N) is 3. The number of amides is 3. The molecular weight excluding hydrogens is 362 g/mol. The highest BCUT2D eigenvalue weighted by atomic mass is 16.4. The summed E-state index contributed by atoms with van der Waals surface area (Å²) in [6.07, 6.45) is 0.213. The molecule has 3 unspecified atom stereocenters. The third kappa shape index (κ3) is 7.91. The molecule has 0 spiro atoms. The van der Waals surface area contributed by atoms with E-state index in [2.05, 4.69) is 27.8 Å². The van der Waals surface area contributed by atoms with Crippen molar-refractivity contribution < 1.29 is 24.3 Å². The fourth-order valence-electron chi connectivity index (χ4n) is 2.38. The molecular formula is C20H25N3O5. The summed E-state index contributed by atoms with van der Waals surface area (Å²) >= 11 is 0. The molecule has 1 rings (SSSR count). The van der Waals surface area contributed by atoms with Gasteiger partial charge in [-0.1, -0.05) is 30.3 Å². The van der Waals surface area contributed by atoms with E-state index in [1.165, 1.54) is 13.8 Å². The largest absolute Gasteiger partial charge is 0.480 e. The molecule has 0 aliphatic rings. The maximum Gasteiger partial charge on any atom is 0.326 e. The fourth-order valence-corrected chi connectivity index (χ4v) is 2.38. The highest BCUT2D eigenvalue weighted by molar-refractivity contribution is 5.93. The van der Waals surface area contributed by atoms with Gasteiger partial charge in [-0.15, -0.1) is 11.8 Å². The molecule has 8 nitrogen and oxygen atoms in total. The summed E-state index contributed by atoms with van der Waals surface area (Å²) in [5.41, 5.74) is 0.760. The number of carboxylic acids is 1. The smallest absolute Gasteiger partial charge is 0.326 e. The molecule has 0 radical (unpaired) electrons. The average molecular weight is 387 g/mol. The lowest BCUT2D eigenvalue weighted by molar-refractivity contribution is -0.142. The van der Waals surface area contributed by atoms with Gasteiger partial charge in [-0.05, 0) is 19.4 Å². The maximum absolute atomic E-state index is 12.3. The first-order chi connectivity index (χ1) is 13.2. The minimum absolute atomic E-state index is 0.0992. The Labute approximate surface area is 164 Å². The van der Waals surface area contributed by atoms with Gasteiger partial charge in [0.15, 0.2) is 0 Å². The minimum atomic E-state index is -1.18. The third-order valence-corrected chi connectivity index (χ3v) is 3.83. The molecule has 0 fully saturated rings. The van der Waals surface area contributed by atoms with Crippen molar-refractivity contribution in [1.82, 2.24) is 16.0 Å². The van der Waals surface area contributed by atoms with Crippen molar-refractivity contribution in [3.8, 4) is 11.8 Å². The van der Waals surface area contributed by atoms with Gasteiger partial charge in [-0.3, -0.25) is 14.4 Å². The maximum atomic E-state index is 12.3. The number of hydrogen-bond donors (Lipinski definition) is 4. The van der Waals surface area contributed by atoms with Gasteiger partial charge < -0.3 is 21.1 Å². The van der Waals surface area contributed by atoms with E-state index in [1.54, 1.807) is 31.2 Å². The second kappa shape index (κ2) is 11.4. The molecule has 1 aromatic carbocycles. The van der Waals surface area contributed by atoms with Gasteiger partial charge in [-0.25, -0.2) is 4.79 Å². The molecule has 0 saturated carbocycles. The number of hydrogen-bond acceptors (Lipinski definition) is 4. The van der Waals surface area contributed by atoms with E-state index in [0.29, 0.717) is 0 Å². The summed E-state index contributed by atoms with van der Waals surface area (Å²) < 4.78 is 0. The molecule has 0 heterocycles. The number of benzene rings is 1. The van der Waals surface area contributed by atoms with Gasteiger partial charge in [0.25, 0.3) is 0 Å². The van der Waals surface area contributed by atoms with Crippen molar-refractivity contribution in [1.29, 1.82) is 0 Å². The van der Waals surface area contributed by atoms with E-state index in [9.17, 15) is 24.3 Å². The van der Waals surface area contributed by atoms with Crippen molar-refractivity contribution in [2.45, 2.75) is 51.7 Å². The van der Waals surface area contributed by atoms with Crippen LogP contribution in [0.5, 0.6) is 0 Å². The van der Waals surface area contributed by atoms with E-state index in [1.807, 2.05) is 6.07 Å². The fraction of sp³-hybridized carbons (Fsp3) is 0.400. The van der Waals surface area contributed by atoms with Gasteiger partial charge in [0.2, 0.25) is 17.7 Å². The van der Waals surface area contributed by atoms with Gasteiger partial charge >= 0.3 is 5.97 Å². The van der Waals surface area contributed by atoms with Crippen molar-refractivity contribution in [2.75, 3.05) is 0 Å². The van der Waals surface area contributed by atoms with Crippen molar-refractivity contribution >= 4 is 23.7 Å². The van der Waals surface area contributed by atoms with Crippen LogP contribution in [0.15, 0.2) is 30.3 Å². The second-order valence-corrected chi connectivity index (χ2v) is 6.20. The molecule has 0 aliphatic heterocycles. The Morgan fingerprint density at radius 1 is 1.00 bits per heavy atom. The minimum Gasteiger partial charge on any atom is -0.480 e. The molecule has 28 heavy (non-hydrogen) atoms. The van der Waals surface area contributed by atoms with Crippen LogP contribution in [-0.4, -0.2) is 46.9 Å². The van der Waals surface area contributed by atoms with Crippen LogP contribution >= 0.6 is 0 Å². The first kappa shape index (κ1) is 22.7. The van der Waals surface area contributed by atoms with Crippen LogP contribution in [0, 0.1) is 11.8 Å². The number of rotatable bonds is 9. The Morgan fingerprint density at radius 2 is 1.64 bits per heavy atom. The van der Waals surface area contributed by atoms with Crippen LogP contribution in [0.25, 0.3) is 0 Å². The predicted octanol–water partition coefficient (Wildman–Crippen LogP) is 0.221. The predicted molar refractivity (Wildman–Crippen MR) is 103 cm³/mol. The zero-order valence-corrected chi connectivity index (χ0v) is 16.1. The molecule has 3 amide bonds. The Balaban J connectivity index is 2.72. The first-order valence-electron chi connectivity index (χ1n) is 8.78. The lowest BCUT2D eigenvalue weighted by atomic mass is 10.1. The second-order valence-electron chi connectivity index (χ2n) is 6.20. The van der Waals surface area contributed by atoms with E-state index in [-0.39, 0.29) is 12.8 Å². The molecule has 0 aliphatic carbocycles. The number of carbonyl (C=O) groups excluding carboxylic acids is 3. The Morgan fingerprint density at radius 3 is 2.18 bits per heavy atom. The molecule has 0 bridgehead atoms. The van der Waals surface area contributed by atoms with E-state index in [4.69, 9.17) is 0 Å². The van der Waals surface area contributed by atoms with Gasteiger partial charge in [0, 0.05) is 19.8 Å². The Kier molecular flexibility index (Phi) is 9.23. The highest BCUT2D eigenvalue weighted by Crippen LogP contribution is 2.04. The molecule has 0 saturated heterocycles. The first-order valence-corrected chi connectivity index (χ1v) is 8.78. The van der Waals surface area contributed by atoms with Crippen LogP contribution in [0.3, 0.4) is 0 Å². The van der Waals surface area contributed by atoms with Crippen LogP contribution < -0.4 is 16.0 Å². The molecule has 150 valence electrons. The highest BCUT2D eigenvalue weighted by Gasteiger charge is 2.26. The number of carboxylic acid groups (broad SMARTS) is 1. The molecule has 8 heteroatoms. The molecule has 3 atom stereocenters. The van der Waals surface area contributed by atoms with Crippen LogP contribution in [-0.2, 0) is 25.6 Å². The SMILES string of the molecule is CC#CCC(NC(C)=O)C(=O)NC(C)C(=O)NC(Cc1ccccc1)C(=O)O. The average Bonchev–Trinajstić information content (AvgIpc) is 2.64. The van der Waals surface area contributed by atoms with Gasteiger partial charge in [-0.2, -0.15) is 0 Å². The van der Waals surface area contributed by atoms with Crippen molar-refractivity contribution in [3.63, 3.8) is 0 Å². The summed E-state index contributed by atoms with van der Waals surface area (Å²) in [6.45, 7) is 4.32. The monoisotopic (exact) mass is 387 g/mol. The van der Waals surface area contributed by atoms with Crippen LogP contribution in [0.1, 0.15) is 32.8 Å². The van der Waals surface area contributed by atoms with Crippen molar-refractivity contribution in [3.05, 3.63) is 35.9 Å². The summed E-state index contributed by atoms with van der Waals surface area (Å²) in [7, 11) is 0. The topological polar surface area (TPSA) is 125 Å². The normalized spacial score (nSPS) is 13.1. The quantitative estimate of drug-likeness (QED) is 0.451. The zero-order chi connectivity index (χ0) is 21.1. The zero-order valence-electron chi connectivity index (χ0n) is 16.1. The van der Waals surface area contributed by atoms with E-state index < -0.39 is 41.8 Å². The lowest BCUT2D eigenvalue weighted by Gasteiger charge is -2.21. The molecule has 0 aromatic heterocycles. The van der Waals surface area contributed by atoms with Crippen molar-refractivity contribution in [2.24, 2.45) is 0 Å². The van der Waals surface area contributed by atoms with E-state index in [0.717, 1.165) is 5.56 Å². The standard InChI is InChI=1S/C20H25N3O5/c1-4-5-11-16(22-14(3)24)19(26)21-13(2)18(25)23-17(20(27)28)12-15-9-7-6-8-10-15/h6-10,13,16-17H,11-12H2,1-3H3,(H,21,26)(H,22,24)(H,23,25)(H,27,28). The lowest BCUT2D eigenvalue weighted by Crippen LogP contribution is -2.54. The van der Waals surface area contributed by atoms with Crippen LogP contribution in [0.4, 0.5) is 0 Å². The molecule has 1 aromatic rings. The van der Waals surface area contributed by atoms with Gasteiger partial charge in [0.1, 0.15) is 18.1 Å². The Bertz CT molecular complexity index is 767. The number of aliphatic carboxylic acids is 1. The summed E-state index contributed by atoms with van der Waals surface area (Å²) in [4.78, 5) is 47.4. The summed E-state index contributed by atoms with van der Waals surface area (Å²) in [6, 6.07) is 5.87. The van der Waals surface area contributed by atoms with E-state index >= 15 is 0 Å². The Hall–Kier alpha value is -3.34. The summed E-state index contributed by atoms with van der Waals surface area (Å²) in [5.74, 6) is 2.56. The summed E-state index contributed by atoms with van der Waals surface area (Å²) in [5, 5.41) is 16.7.